The Kier molecular flexibility index (Phi) is 2.70. The summed E-state index contributed by atoms with van der Waals surface area (Å²) in [5.41, 5.74) is 2.04. The summed E-state index contributed by atoms with van der Waals surface area (Å²) in [4.78, 5) is 6.97. The Hall–Kier alpha value is -1.48. The first-order valence-electron chi connectivity index (χ1n) is 4.32. The van der Waals surface area contributed by atoms with Crippen LogP contribution in [0.1, 0.15) is 5.56 Å². The molecule has 2 heterocycles. The maximum absolute atomic E-state index is 5.88. The van der Waals surface area contributed by atoms with E-state index in [1.54, 1.807) is 6.20 Å². The van der Waals surface area contributed by atoms with Gasteiger partial charge in [-0.25, -0.2) is 4.98 Å². The second-order valence-corrected chi connectivity index (χ2v) is 3.27. The van der Waals surface area contributed by atoms with Crippen molar-refractivity contribution in [1.82, 2.24) is 9.97 Å². The zero-order valence-electron chi connectivity index (χ0n) is 7.50. The van der Waals surface area contributed by atoms with Crippen LogP contribution in [-0.4, -0.2) is 9.97 Å². The van der Waals surface area contributed by atoms with E-state index >= 15 is 0 Å². The lowest BCUT2D eigenvalue weighted by atomic mass is 10.3. The van der Waals surface area contributed by atoms with Gasteiger partial charge in [0.2, 0.25) is 0 Å². The molecule has 0 unspecified atom stereocenters. The van der Waals surface area contributed by atoms with E-state index in [1.165, 1.54) is 5.56 Å². The Morgan fingerprint density at radius 3 is 3.07 bits per heavy atom. The molecular formula is C10H10ClN3. The van der Waals surface area contributed by atoms with Gasteiger partial charge in [0, 0.05) is 25.1 Å². The van der Waals surface area contributed by atoms with Crippen LogP contribution in [0.5, 0.6) is 0 Å². The minimum Gasteiger partial charge on any atom is -0.378 e. The third kappa shape index (κ3) is 2.06. The largest absolute Gasteiger partial charge is 0.378 e. The van der Waals surface area contributed by atoms with E-state index in [1.807, 2.05) is 30.6 Å². The standard InChI is InChI=1S/C10H10ClN3/c11-10-9(2-1-4-13-10)14-7-8-3-5-12-6-8/h1-6,12,14H,7H2. The number of hydrogen-bond donors (Lipinski definition) is 2. The number of halogens is 1. The van der Waals surface area contributed by atoms with Crippen LogP contribution < -0.4 is 5.32 Å². The van der Waals surface area contributed by atoms with Gasteiger partial charge in [0.05, 0.1) is 5.69 Å². The lowest BCUT2D eigenvalue weighted by Crippen LogP contribution is -1.99. The molecule has 0 atom stereocenters. The van der Waals surface area contributed by atoms with Crippen LogP contribution in [0.25, 0.3) is 0 Å². The molecule has 2 N–H and O–H groups in total. The molecule has 14 heavy (non-hydrogen) atoms. The van der Waals surface area contributed by atoms with Crippen LogP contribution >= 0.6 is 11.6 Å². The normalized spacial score (nSPS) is 10.1. The highest BCUT2D eigenvalue weighted by atomic mass is 35.5. The molecule has 0 aliphatic rings. The SMILES string of the molecule is Clc1ncccc1NCc1cc[nH]c1. The third-order valence-corrected chi connectivity index (χ3v) is 2.21. The van der Waals surface area contributed by atoms with Crippen LogP contribution in [0.3, 0.4) is 0 Å². The van der Waals surface area contributed by atoms with E-state index in [9.17, 15) is 0 Å². The molecule has 0 aromatic carbocycles. The molecule has 2 aromatic heterocycles. The number of anilines is 1. The number of aromatic amines is 1. The van der Waals surface area contributed by atoms with Crippen LogP contribution in [0.2, 0.25) is 5.15 Å². The fourth-order valence-corrected chi connectivity index (χ4v) is 1.37. The number of nitrogens with one attached hydrogen (secondary N) is 2. The van der Waals surface area contributed by atoms with Crippen molar-refractivity contribution >= 4 is 17.3 Å². The predicted molar refractivity (Wildman–Crippen MR) is 57.4 cm³/mol. The van der Waals surface area contributed by atoms with Crippen molar-refractivity contribution in [2.24, 2.45) is 0 Å². The molecule has 72 valence electrons. The monoisotopic (exact) mass is 207 g/mol. The minimum absolute atomic E-state index is 0.503. The van der Waals surface area contributed by atoms with Gasteiger partial charge in [-0.3, -0.25) is 0 Å². The lowest BCUT2D eigenvalue weighted by molar-refractivity contribution is 1.14. The van der Waals surface area contributed by atoms with E-state index in [-0.39, 0.29) is 0 Å². The van der Waals surface area contributed by atoms with Crippen LogP contribution in [0.15, 0.2) is 36.8 Å². The highest BCUT2D eigenvalue weighted by Crippen LogP contribution is 2.17. The highest BCUT2D eigenvalue weighted by Gasteiger charge is 1.98. The van der Waals surface area contributed by atoms with Gasteiger partial charge >= 0.3 is 0 Å². The van der Waals surface area contributed by atoms with Gasteiger partial charge in [-0.15, -0.1) is 0 Å². The molecular weight excluding hydrogens is 198 g/mol. The molecule has 0 bridgehead atoms. The van der Waals surface area contributed by atoms with Gasteiger partial charge in [0.15, 0.2) is 5.15 Å². The van der Waals surface area contributed by atoms with Gasteiger partial charge in [0.25, 0.3) is 0 Å². The summed E-state index contributed by atoms with van der Waals surface area (Å²) in [6.45, 7) is 0.745. The molecule has 2 rings (SSSR count). The van der Waals surface area contributed by atoms with Gasteiger partial charge in [-0.05, 0) is 23.8 Å². The van der Waals surface area contributed by atoms with Crippen LogP contribution in [0, 0.1) is 0 Å². The first-order chi connectivity index (χ1) is 6.86. The molecule has 2 aromatic rings. The zero-order chi connectivity index (χ0) is 9.80. The first kappa shape index (κ1) is 9.09. The first-order valence-corrected chi connectivity index (χ1v) is 4.70. The van der Waals surface area contributed by atoms with Crippen LogP contribution in [-0.2, 0) is 6.54 Å². The molecule has 0 aliphatic heterocycles. The van der Waals surface area contributed by atoms with Crippen molar-refractivity contribution in [3.8, 4) is 0 Å². The van der Waals surface area contributed by atoms with Crippen molar-refractivity contribution in [3.63, 3.8) is 0 Å². The fourth-order valence-electron chi connectivity index (χ4n) is 1.18. The summed E-state index contributed by atoms with van der Waals surface area (Å²) in [7, 11) is 0. The van der Waals surface area contributed by atoms with E-state index < -0.39 is 0 Å². The maximum Gasteiger partial charge on any atom is 0.152 e. The summed E-state index contributed by atoms with van der Waals surface area (Å²) >= 11 is 5.88. The van der Waals surface area contributed by atoms with E-state index in [0.29, 0.717) is 5.15 Å². The van der Waals surface area contributed by atoms with Gasteiger partial charge in [-0.2, -0.15) is 0 Å². The maximum atomic E-state index is 5.88. The number of nitrogens with zero attached hydrogens (tertiary/aromatic N) is 1. The molecule has 0 saturated carbocycles. The second kappa shape index (κ2) is 4.15. The Balaban J connectivity index is 2.02. The van der Waals surface area contributed by atoms with Crippen molar-refractivity contribution in [2.45, 2.75) is 6.54 Å². The minimum atomic E-state index is 0.503. The van der Waals surface area contributed by atoms with Crippen molar-refractivity contribution in [2.75, 3.05) is 5.32 Å². The number of hydrogen-bond acceptors (Lipinski definition) is 2. The number of rotatable bonds is 3. The molecule has 4 heteroatoms. The van der Waals surface area contributed by atoms with Gasteiger partial charge < -0.3 is 10.3 Å². The Morgan fingerprint density at radius 2 is 2.36 bits per heavy atom. The summed E-state index contributed by atoms with van der Waals surface area (Å²) in [5, 5.41) is 3.70. The highest BCUT2D eigenvalue weighted by molar-refractivity contribution is 6.31. The Bertz CT molecular complexity index is 398. The quantitative estimate of drug-likeness (QED) is 0.760. The molecule has 0 fully saturated rings. The summed E-state index contributed by atoms with van der Waals surface area (Å²) in [6, 6.07) is 5.77. The van der Waals surface area contributed by atoms with Crippen molar-refractivity contribution in [3.05, 3.63) is 47.5 Å². The number of pyridine rings is 1. The average Bonchev–Trinajstić information content (AvgIpc) is 2.69. The van der Waals surface area contributed by atoms with E-state index in [4.69, 9.17) is 11.6 Å². The zero-order valence-corrected chi connectivity index (χ0v) is 8.25. The summed E-state index contributed by atoms with van der Waals surface area (Å²) in [6.07, 6.45) is 5.50. The molecule has 3 nitrogen and oxygen atoms in total. The topological polar surface area (TPSA) is 40.7 Å². The number of H-pyrrole nitrogens is 1. The molecule has 0 amide bonds. The average molecular weight is 208 g/mol. The smallest absolute Gasteiger partial charge is 0.152 e. The fraction of sp³-hybridized carbons (Fsp3) is 0.100. The lowest BCUT2D eigenvalue weighted by Gasteiger charge is -2.05. The number of aromatic nitrogens is 2. The van der Waals surface area contributed by atoms with Crippen molar-refractivity contribution in [1.29, 1.82) is 0 Å². The molecule has 0 aliphatic carbocycles. The Morgan fingerprint density at radius 1 is 1.43 bits per heavy atom. The molecule has 0 radical (unpaired) electrons. The van der Waals surface area contributed by atoms with E-state index in [0.717, 1.165) is 12.2 Å². The third-order valence-electron chi connectivity index (χ3n) is 1.90. The van der Waals surface area contributed by atoms with E-state index in [2.05, 4.69) is 15.3 Å². The van der Waals surface area contributed by atoms with Crippen molar-refractivity contribution < 1.29 is 0 Å². The summed E-state index contributed by atoms with van der Waals surface area (Å²) < 4.78 is 0. The molecule has 0 spiro atoms. The summed E-state index contributed by atoms with van der Waals surface area (Å²) in [5.74, 6) is 0. The predicted octanol–water partition coefficient (Wildman–Crippen LogP) is 2.68. The Labute approximate surface area is 87.1 Å². The second-order valence-electron chi connectivity index (χ2n) is 2.91. The van der Waals surface area contributed by atoms with Crippen LogP contribution in [0.4, 0.5) is 5.69 Å². The van der Waals surface area contributed by atoms with Gasteiger partial charge in [-0.1, -0.05) is 11.6 Å². The van der Waals surface area contributed by atoms with Gasteiger partial charge in [0.1, 0.15) is 0 Å². The molecule has 0 saturated heterocycles.